The van der Waals surface area contributed by atoms with E-state index in [1.54, 1.807) is 13.0 Å². The van der Waals surface area contributed by atoms with Crippen molar-refractivity contribution >= 4 is 23.6 Å². The molecule has 0 amide bonds. The van der Waals surface area contributed by atoms with Crippen molar-refractivity contribution in [2.75, 3.05) is 12.3 Å². The highest BCUT2D eigenvalue weighted by molar-refractivity contribution is 6.12. The molecule has 2 N–H and O–H groups in total. The van der Waals surface area contributed by atoms with Crippen molar-refractivity contribution in [3.63, 3.8) is 0 Å². The van der Waals surface area contributed by atoms with Gasteiger partial charge in [0.15, 0.2) is 0 Å². The number of rotatable bonds is 6. The van der Waals surface area contributed by atoms with Crippen molar-refractivity contribution in [2.45, 2.75) is 52.4 Å². The molecule has 1 aliphatic rings. The summed E-state index contributed by atoms with van der Waals surface area (Å²) in [4.78, 5) is 31.0. The lowest BCUT2D eigenvalue weighted by molar-refractivity contribution is -0.136. The van der Waals surface area contributed by atoms with Crippen LogP contribution in [0.2, 0.25) is 0 Å². The second kappa shape index (κ2) is 9.85. The largest absolute Gasteiger partial charge is 0.462 e. The number of nitrogen functional groups attached to an aromatic ring is 1. The third-order valence-electron chi connectivity index (χ3n) is 6.83. The second-order valence-electron chi connectivity index (χ2n) is 10.0. The molecule has 0 spiro atoms. The molecule has 0 fully saturated rings. The van der Waals surface area contributed by atoms with Gasteiger partial charge in [-0.2, -0.15) is 4.98 Å². The number of hydrogen-bond acceptors (Lipinski definition) is 7. The third kappa shape index (κ3) is 4.36. The van der Waals surface area contributed by atoms with Gasteiger partial charge in [-0.3, -0.25) is 0 Å². The van der Waals surface area contributed by atoms with Gasteiger partial charge >= 0.3 is 11.6 Å². The highest BCUT2D eigenvalue weighted by atomic mass is 16.5. The van der Waals surface area contributed by atoms with Crippen molar-refractivity contribution in [2.24, 2.45) is 0 Å². The fourth-order valence-electron chi connectivity index (χ4n) is 4.78. The van der Waals surface area contributed by atoms with Crippen LogP contribution in [0.5, 0.6) is 0 Å². The molecule has 2 aromatic carbocycles. The number of fused-ring (bicyclic) bond motifs is 3. The summed E-state index contributed by atoms with van der Waals surface area (Å²) >= 11 is 0. The smallest absolute Gasteiger partial charge is 0.362 e. The van der Waals surface area contributed by atoms with E-state index in [-0.39, 0.29) is 35.0 Å². The molecule has 5 rings (SSSR count). The van der Waals surface area contributed by atoms with Crippen LogP contribution in [0.4, 0.5) is 6.01 Å². The molecule has 3 heterocycles. The number of oxazole rings is 2. The lowest BCUT2D eigenvalue weighted by Crippen LogP contribution is -2.37. The summed E-state index contributed by atoms with van der Waals surface area (Å²) in [7, 11) is 0. The predicted octanol–water partition coefficient (Wildman–Crippen LogP) is 3.94. The maximum absolute atomic E-state index is 13.4. The average Bonchev–Trinajstić information content (AvgIpc) is 3.42. The molecule has 0 saturated heterocycles. The van der Waals surface area contributed by atoms with E-state index < -0.39 is 17.5 Å². The van der Waals surface area contributed by atoms with Crippen LogP contribution < -0.4 is 22.3 Å². The Bertz CT molecular complexity index is 1670. The summed E-state index contributed by atoms with van der Waals surface area (Å²) in [5, 5.41) is 0.185. The molecular formula is C30H31N3O5. The molecule has 8 nitrogen and oxygen atoms in total. The fraction of sp³-hybridized carbons (Fsp3) is 0.300. The molecule has 4 aromatic rings. The molecule has 0 aliphatic carbocycles. The lowest BCUT2D eigenvalue weighted by Gasteiger charge is -2.22. The number of ether oxygens (including phenoxy) is 1. The van der Waals surface area contributed by atoms with Crippen LogP contribution in [0.15, 0.2) is 62.2 Å². The van der Waals surface area contributed by atoms with E-state index in [1.165, 1.54) is 10.1 Å². The van der Waals surface area contributed by atoms with Gasteiger partial charge in [0.2, 0.25) is 11.4 Å². The van der Waals surface area contributed by atoms with Crippen LogP contribution in [0, 0.1) is 0 Å². The van der Waals surface area contributed by atoms with Crippen molar-refractivity contribution < 1.29 is 18.4 Å². The maximum atomic E-state index is 13.4. The topological polar surface area (TPSA) is 113 Å². The first kappa shape index (κ1) is 25.3. The van der Waals surface area contributed by atoms with E-state index >= 15 is 0 Å². The van der Waals surface area contributed by atoms with Crippen molar-refractivity contribution in [1.82, 2.24) is 9.55 Å². The van der Waals surface area contributed by atoms with Gasteiger partial charge in [-0.25, -0.2) is 14.2 Å². The van der Waals surface area contributed by atoms with E-state index in [1.807, 2.05) is 48.5 Å². The first-order valence-electron chi connectivity index (χ1n) is 12.8. The number of anilines is 1. The predicted molar refractivity (Wildman–Crippen MR) is 145 cm³/mol. The zero-order valence-electron chi connectivity index (χ0n) is 22.1. The lowest BCUT2D eigenvalue weighted by atomic mass is 9.86. The zero-order chi connectivity index (χ0) is 27.1. The standard InChI is InChI=1S/C30H31N3O5/c1-6-36-29(35)24-23(21-13-11-20(12-14-21)17(4)5)25-27(38-30(31)32-25)33-22(28(34)37-26(24)33)15-18-7-9-19(10-8-18)16(2)3/h7-17,23H,6H2,1-5H3,(H2,31,32)/b22-15+/t23-/m0/s1. The summed E-state index contributed by atoms with van der Waals surface area (Å²) < 4.78 is 18.5. The number of benzene rings is 2. The summed E-state index contributed by atoms with van der Waals surface area (Å²) in [5.41, 5.74) is 9.91. The monoisotopic (exact) mass is 513 g/mol. The molecule has 0 saturated carbocycles. The molecule has 0 radical (unpaired) electrons. The Labute approximate surface area is 220 Å². The Hall–Kier alpha value is -4.33. The van der Waals surface area contributed by atoms with Crippen LogP contribution in [0.3, 0.4) is 0 Å². The number of aromatic nitrogens is 2. The first-order chi connectivity index (χ1) is 18.2. The van der Waals surface area contributed by atoms with Gasteiger partial charge in [0.1, 0.15) is 16.6 Å². The van der Waals surface area contributed by atoms with Crippen LogP contribution >= 0.6 is 0 Å². The Morgan fingerprint density at radius 2 is 1.63 bits per heavy atom. The zero-order valence-corrected chi connectivity index (χ0v) is 22.1. The molecule has 1 aliphatic heterocycles. The minimum Gasteiger partial charge on any atom is -0.462 e. The van der Waals surface area contributed by atoms with Crippen molar-refractivity contribution in [3.8, 4) is 5.88 Å². The summed E-state index contributed by atoms with van der Waals surface area (Å²) in [6.45, 7) is 10.3. The molecule has 0 unspecified atom stereocenters. The third-order valence-corrected chi connectivity index (χ3v) is 6.83. The van der Waals surface area contributed by atoms with Crippen LogP contribution in [0.1, 0.15) is 80.3 Å². The Morgan fingerprint density at radius 3 is 2.21 bits per heavy atom. The van der Waals surface area contributed by atoms with Gasteiger partial charge in [0, 0.05) is 0 Å². The summed E-state index contributed by atoms with van der Waals surface area (Å²) in [6, 6.07) is 15.7. The quantitative estimate of drug-likeness (QED) is 0.389. The molecular weight excluding hydrogens is 482 g/mol. The number of esters is 1. The molecule has 8 heteroatoms. The number of nitrogens with zero attached hydrogens (tertiary/aromatic N) is 2. The Morgan fingerprint density at radius 1 is 1.03 bits per heavy atom. The van der Waals surface area contributed by atoms with Crippen molar-refractivity contribution in [1.29, 1.82) is 0 Å². The van der Waals surface area contributed by atoms with Crippen LogP contribution in [0.25, 0.3) is 17.5 Å². The summed E-state index contributed by atoms with van der Waals surface area (Å²) in [6.07, 6.45) is 1.70. The van der Waals surface area contributed by atoms with Crippen LogP contribution in [-0.4, -0.2) is 22.1 Å². The minimum absolute atomic E-state index is 0.0417. The number of hydrogen-bond donors (Lipinski definition) is 1. The average molecular weight is 514 g/mol. The van der Waals surface area contributed by atoms with E-state index in [2.05, 4.69) is 32.7 Å². The number of carbonyl (C=O) groups is 1. The van der Waals surface area contributed by atoms with Crippen molar-refractivity contribution in [3.05, 3.63) is 97.8 Å². The fourth-order valence-corrected chi connectivity index (χ4v) is 4.78. The molecule has 0 bridgehead atoms. The van der Waals surface area contributed by atoms with Gasteiger partial charge in [0.05, 0.1) is 12.5 Å². The van der Waals surface area contributed by atoms with Gasteiger partial charge in [-0.05, 0) is 47.1 Å². The highest BCUT2D eigenvalue weighted by Crippen LogP contribution is 2.39. The van der Waals surface area contributed by atoms with Crippen LogP contribution in [-0.2, 0) is 9.53 Å². The second-order valence-corrected chi connectivity index (χ2v) is 10.0. The Balaban J connectivity index is 1.81. The normalized spacial score (nSPS) is 15.2. The van der Waals surface area contributed by atoms with Gasteiger partial charge in [-0.1, -0.05) is 76.2 Å². The summed E-state index contributed by atoms with van der Waals surface area (Å²) in [5.74, 6) is -0.351. The van der Waals surface area contributed by atoms with E-state index in [9.17, 15) is 9.59 Å². The SMILES string of the molecule is CCOC(=O)C1=c2oc(=O)/c(=C\c3ccc(C(C)C)cc3)n2-c2oc(N)nc2[C@H]1c1ccc(C(C)C)cc1. The molecule has 38 heavy (non-hydrogen) atoms. The van der Waals surface area contributed by atoms with Gasteiger partial charge in [0.25, 0.3) is 6.01 Å². The van der Waals surface area contributed by atoms with E-state index in [0.717, 1.165) is 16.7 Å². The molecule has 2 aromatic heterocycles. The first-order valence-corrected chi connectivity index (χ1v) is 12.8. The highest BCUT2D eigenvalue weighted by Gasteiger charge is 2.39. The van der Waals surface area contributed by atoms with E-state index in [4.69, 9.17) is 19.3 Å². The van der Waals surface area contributed by atoms with E-state index in [0.29, 0.717) is 17.5 Å². The maximum Gasteiger partial charge on any atom is 0.362 e. The molecule has 1 atom stereocenters. The minimum atomic E-state index is -0.699. The van der Waals surface area contributed by atoms with Gasteiger partial charge in [-0.15, -0.1) is 0 Å². The number of carbonyl (C=O) groups excluding carboxylic acids is 1. The van der Waals surface area contributed by atoms with Gasteiger partial charge < -0.3 is 19.3 Å². The number of nitrogens with two attached hydrogens (primary N) is 1. The molecule has 196 valence electrons. The Kier molecular flexibility index (Phi) is 6.57.